The first kappa shape index (κ1) is 13.9. The van der Waals surface area contributed by atoms with Gasteiger partial charge in [0.25, 0.3) is 10.1 Å². The monoisotopic (exact) mass is 302 g/mol. The second-order valence-corrected chi connectivity index (χ2v) is 5.69. The van der Waals surface area contributed by atoms with Crippen LogP contribution in [-0.2, 0) is 21.6 Å². The van der Waals surface area contributed by atoms with Crippen LogP contribution in [0, 0.1) is 0 Å². The third-order valence-corrected chi connectivity index (χ3v) is 3.55. The first-order chi connectivity index (χ1) is 8.81. The van der Waals surface area contributed by atoms with Crippen LogP contribution in [0.1, 0.15) is 11.1 Å². The zero-order chi connectivity index (χ0) is 14.2. The lowest BCUT2D eigenvalue weighted by atomic mass is 10.1. The quantitative estimate of drug-likeness (QED) is 0.448. The number of thiol groups is 1. The van der Waals surface area contributed by atoms with E-state index in [0.717, 1.165) is 0 Å². The van der Waals surface area contributed by atoms with Crippen LogP contribution in [0.25, 0.3) is 11.0 Å². The Morgan fingerprint density at radius 2 is 2.00 bits per heavy atom. The molecule has 19 heavy (non-hydrogen) atoms. The van der Waals surface area contributed by atoms with Crippen molar-refractivity contribution in [2.24, 2.45) is 0 Å². The van der Waals surface area contributed by atoms with Crippen LogP contribution in [0.4, 0.5) is 0 Å². The zero-order valence-electron chi connectivity index (χ0n) is 9.53. The number of hydrogen-bond donors (Lipinski definition) is 3. The Morgan fingerprint density at radius 1 is 1.32 bits per heavy atom. The van der Waals surface area contributed by atoms with Crippen molar-refractivity contribution in [2.75, 3.05) is 0 Å². The standard InChI is InChI=1S/C11H10O6S2/c12-9-2-1-6-3-7(5-19(14,15)16)10(13)8(4-18)11(6)17-9/h1-3,13,18H,4-5H2,(H,14,15,16). The molecule has 1 aromatic heterocycles. The van der Waals surface area contributed by atoms with E-state index in [1.807, 2.05) is 0 Å². The predicted octanol–water partition coefficient (Wildman–Crippen LogP) is 1.32. The summed E-state index contributed by atoms with van der Waals surface area (Å²) in [6.45, 7) is 0. The Balaban J connectivity index is 2.79. The molecule has 0 atom stereocenters. The Labute approximate surface area is 113 Å². The number of rotatable bonds is 3. The van der Waals surface area contributed by atoms with Gasteiger partial charge in [-0.1, -0.05) is 0 Å². The SMILES string of the molecule is O=c1ccc2cc(CS(=O)(=O)O)c(O)c(CS)c2o1. The fourth-order valence-corrected chi connectivity index (χ4v) is 2.69. The van der Waals surface area contributed by atoms with Gasteiger partial charge in [-0.15, -0.1) is 0 Å². The molecule has 1 aromatic carbocycles. The third-order valence-electron chi connectivity index (χ3n) is 2.55. The van der Waals surface area contributed by atoms with E-state index in [1.165, 1.54) is 18.2 Å². The Bertz CT molecular complexity index is 791. The summed E-state index contributed by atoms with van der Waals surface area (Å²) in [4.78, 5) is 11.2. The van der Waals surface area contributed by atoms with E-state index < -0.39 is 21.5 Å². The van der Waals surface area contributed by atoms with Crippen molar-refractivity contribution in [2.45, 2.75) is 11.5 Å². The maximum atomic E-state index is 11.2. The van der Waals surface area contributed by atoms with E-state index in [1.54, 1.807) is 0 Å². The molecular formula is C11H10O6S2. The number of aromatic hydroxyl groups is 1. The Morgan fingerprint density at radius 3 is 2.58 bits per heavy atom. The van der Waals surface area contributed by atoms with Crippen LogP contribution in [0.5, 0.6) is 5.75 Å². The van der Waals surface area contributed by atoms with Crippen molar-refractivity contribution in [3.63, 3.8) is 0 Å². The van der Waals surface area contributed by atoms with Crippen molar-refractivity contribution < 1.29 is 22.5 Å². The van der Waals surface area contributed by atoms with Crippen LogP contribution >= 0.6 is 12.6 Å². The number of hydrogen-bond acceptors (Lipinski definition) is 6. The maximum Gasteiger partial charge on any atom is 0.336 e. The number of fused-ring (bicyclic) bond motifs is 1. The molecule has 102 valence electrons. The van der Waals surface area contributed by atoms with Gasteiger partial charge in [0, 0.05) is 28.3 Å². The lowest BCUT2D eigenvalue weighted by molar-refractivity contribution is 0.456. The van der Waals surface area contributed by atoms with E-state index in [9.17, 15) is 18.3 Å². The highest BCUT2D eigenvalue weighted by atomic mass is 32.2. The molecule has 0 unspecified atom stereocenters. The Kier molecular flexibility index (Phi) is 3.57. The first-order valence-electron chi connectivity index (χ1n) is 5.15. The molecule has 0 radical (unpaired) electrons. The van der Waals surface area contributed by atoms with Gasteiger partial charge in [-0.3, -0.25) is 4.55 Å². The largest absolute Gasteiger partial charge is 0.507 e. The average molecular weight is 302 g/mol. The summed E-state index contributed by atoms with van der Waals surface area (Å²) in [5.74, 6) is -1.03. The summed E-state index contributed by atoms with van der Waals surface area (Å²) in [6.07, 6.45) is 0. The summed E-state index contributed by atoms with van der Waals surface area (Å²) in [5, 5.41) is 10.4. The lowest BCUT2D eigenvalue weighted by Gasteiger charge is -2.10. The molecule has 0 aliphatic carbocycles. The van der Waals surface area contributed by atoms with Crippen LogP contribution in [0.2, 0.25) is 0 Å². The highest BCUT2D eigenvalue weighted by molar-refractivity contribution is 7.85. The molecule has 0 aliphatic rings. The molecule has 0 aliphatic heterocycles. The van der Waals surface area contributed by atoms with E-state index in [2.05, 4.69) is 12.6 Å². The molecule has 8 heteroatoms. The van der Waals surface area contributed by atoms with Crippen molar-refractivity contribution in [1.82, 2.24) is 0 Å². The molecule has 0 saturated heterocycles. The Hall–Kier alpha value is -1.51. The van der Waals surface area contributed by atoms with Gasteiger partial charge in [0.1, 0.15) is 17.1 Å². The molecular weight excluding hydrogens is 292 g/mol. The average Bonchev–Trinajstić information content (AvgIpc) is 2.29. The second kappa shape index (κ2) is 4.87. The molecule has 2 rings (SSSR count). The van der Waals surface area contributed by atoms with E-state index in [-0.39, 0.29) is 28.2 Å². The molecule has 1 heterocycles. The van der Waals surface area contributed by atoms with Crippen LogP contribution in [-0.4, -0.2) is 18.1 Å². The van der Waals surface area contributed by atoms with Crippen LogP contribution in [0.15, 0.2) is 27.4 Å². The van der Waals surface area contributed by atoms with Gasteiger partial charge < -0.3 is 9.52 Å². The van der Waals surface area contributed by atoms with Crippen LogP contribution in [0.3, 0.4) is 0 Å². The molecule has 0 saturated carbocycles. The van der Waals surface area contributed by atoms with Gasteiger partial charge in [0.2, 0.25) is 0 Å². The van der Waals surface area contributed by atoms with Crippen molar-refractivity contribution in [3.8, 4) is 5.75 Å². The molecule has 2 N–H and O–H groups in total. The van der Waals surface area contributed by atoms with Crippen LogP contribution < -0.4 is 5.63 Å². The highest BCUT2D eigenvalue weighted by Gasteiger charge is 2.17. The lowest BCUT2D eigenvalue weighted by Crippen LogP contribution is -2.04. The summed E-state index contributed by atoms with van der Waals surface area (Å²) >= 11 is 4.01. The van der Waals surface area contributed by atoms with Gasteiger partial charge in [-0.25, -0.2) is 4.79 Å². The molecule has 0 amide bonds. The molecule has 0 spiro atoms. The smallest absolute Gasteiger partial charge is 0.336 e. The summed E-state index contributed by atoms with van der Waals surface area (Å²) < 4.78 is 35.6. The maximum absolute atomic E-state index is 11.2. The van der Waals surface area contributed by atoms with Gasteiger partial charge in [-0.2, -0.15) is 21.0 Å². The number of phenolic OH excluding ortho intramolecular Hbond substituents is 1. The summed E-state index contributed by atoms with van der Waals surface area (Å²) in [5.41, 5.74) is -0.207. The molecule has 0 bridgehead atoms. The van der Waals surface area contributed by atoms with Crippen molar-refractivity contribution >= 4 is 33.7 Å². The van der Waals surface area contributed by atoms with Gasteiger partial charge in [0.15, 0.2) is 0 Å². The second-order valence-electron chi connectivity index (χ2n) is 3.92. The molecule has 2 aromatic rings. The minimum atomic E-state index is -4.28. The van der Waals surface area contributed by atoms with Crippen molar-refractivity contribution in [3.05, 3.63) is 39.7 Å². The topological polar surface area (TPSA) is 105 Å². The molecule has 6 nitrogen and oxygen atoms in total. The first-order valence-corrected chi connectivity index (χ1v) is 7.39. The number of phenols is 1. The summed E-state index contributed by atoms with van der Waals surface area (Å²) in [6, 6.07) is 3.97. The minimum absolute atomic E-state index is 0.0212. The minimum Gasteiger partial charge on any atom is -0.507 e. The normalized spacial score (nSPS) is 11.9. The van der Waals surface area contributed by atoms with E-state index in [0.29, 0.717) is 5.39 Å². The van der Waals surface area contributed by atoms with Gasteiger partial charge >= 0.3 is 5.63 Å². The van der Waals surface area contributed by atoms with E-state index in [4.69, 9.17) is 8.97 Å². The van der Waals surface area contributed by atoms with Gasteiger partial charge in [0.05, 0.1) is 0 Å². The summed E-state index contributed by atoms with van der Waals surface area (Å²) in [7, 11) is -4.28. The number of benzene rings is 1. The predicted molar refractivity (Wildman–Crippen MR) is 72.1 cm³/mol. The fraction of sp³-hybridized carbons (Fsp3) is 0.182. The third kappa shape index (κ3) is 2.91. The highest BCUT2D eigenvalue weighted by Crippen LogP contribution is 2.32. The van der Waals surface area contributed by atoms with E-state index >= 15 is 0 Å². The molecule has 0 fully saturated rings. The van der Waals surface area contributed by atoms with Gasteiger partial charge in [-0.05, 0) is 12.1 Å². The fourth-order valence-electron chi connectivity index (χ4n) is 1.79. The van der Waals surface area contributed by atoms with Crippen molar-refractivity contribution in [1.29, 1.82) is 0 Å². The zero-order valence-corrected chi connectivity index (χ0v) is 11.2.